The lowest BCUT2D eigenvalue weighted by molar-refractivity contribution is 0.135. The first-order valence-corrected chi connectivity index (χ1v) is 9.03. The normalized spacial score (nSPS) is 16.4. The predicted molar refractivity (Wildman–Crippen MR) is 67.1 cm³/mol. The van der Waals surface area contributed by atoms with Gasteiger partial charge in [-0.3, -0.25) is 0 Å². The Morgan fingerprint density at radius 2 is 1.71 bits per heavy atom. The predicted octanol–water partition coefficient (Wildman–Crippen LogP) is 3.53. The van der Waals surface area contributed by atoms with Gasteiger partial charge in [-0.15, -0.1) is 0 Å². The van der Waals surface area contributed by atoms with Crippen molar-refractivity contribution in [2.75, 3.05) is 0 Å². The Hall–Kier alpha value is -0.123. The van der Waals surface area contributed by atoms with E-state index in [1.54, 1.807) is 0 Å². The third-order valence-electron chi connectivity index (χ3n) is 2.86. The van der Waals surface area contributed by atoms with Crippen molar-refractivity contribution in [3.63, 3.8) is 0 Å². The van der Waals surface area contributed by atoms with Crippen LogP contribution in [0.4, 0.5) is 0 Å². The van der Waals surface area contributed by atoms with Crippen LogP contribution in [-0.4, -0.2) is 13.2 Å². The van der Waals surface area contributed by atoms with Gasteiger partial charge in [0.1, 0.15) is 0 Å². The Bertz CT molecular complexity index is 328. The van der Waals surface area contributed by atoms with Gasteiger partial charge in [0, 0.05) is 4.47 Å². The fraction of sp³-hybridized carbons (Fsp3) is 0.455. The summed E-state index contributed by atoms with van der Waals surface area (Å²) in [5, 5.41) is 9.85. The van der Waals surface area contributed by atoms with Crippen LogP contribution in [0.25, 0.3) is 0 Å². The molecule has 0 spiro atoms. The van der Waals surface area contributed by atoms with Crippen LogP contribution in [0.2, 0.25) is 19.6 Å². The highest BCUT2D eigenvalue weighted by Crippen LogP contribution is 2.35. The van der Waals surface area contributed by atoms with Crippen LogP contribution in [0, 0.1) is 0 Å². The fourth-order valence-corrected chi connectivity index (χ4v) is 3.14. The molecular formula is C11H17BrOSi. The number of hydrogen-bond acceptors (Lipinski definition) is 1. The standard InChI is InChI=1S/C11H17BrOSi/c1-11(13,14(2,3)4)9-7-5-6-8-10(9)12/h5-8,13H,1-4H3. The van der Waals surface area contributed by atoms with Gasteiger partial charge in [0.25, 0.3) is 0 Å². The van der Waals surface area contributed by atoms with Crippen molar-refractivity contribution in [1.82, 2.24) is 0 Å². The first-order chi connectivity index (χ1) is 6.27. The van der Waals surface area contributed by atoms with Gasteiger partial charge in [0.05, 0.1) is 13.3 Å². The smallest absolute Gasteiger partial charge is 0.0874 e. The van der Waals surface area contributed by atoms with Gasteiger partial charge < -0.3 is 5.11 Å². The van der Waals surface area contributed by atoms with Crippen LogP contribution in [0.15, 0.2) is 28.7 Å². The van der Waals surface area contributed by atoms with Crippen LogP contribution < -0.4 is 0 Å². The highest BCUT2D eigenvalue weighted by Gasteiger charge is 2.39. The molecule has 1 nitrogen and oxygen atoms in total. The van der Waals surface area contributed by atoms with E-state index >= 15 is 0 Å². The van der Waals surface area contributed by atoms with Crippen LogP contribution in [0.1, 0.15) is 12.5 Å². The molecule has 0 aromatic heterocycles. The molecule has 1 rings (SSSR count). The van der Waals surface area contributed by atoms with E-state index in [0.717, 1.165) is 10.0 Å². The van der Waals surface area contributed by atoms with E-state index in [4.69, 9.17) is 0 Å². The minimum atomic E-state index is -1.63. The quantitative estimate of drug-likeness (QED) is 0.817. The van der Waals surface area contributed by atoms with E-state index < -0.39 is 13.3 Å². The summed E-state index contributed by atoms with van der Waals surface area (Å²) in [4.78, 5) is 0. The summed E-state index contributed by atoms with van der Waals surface area (Å²) in [6.45, 7) is 8.44. The molecule has 1 aromatic carbocycles. The van der Waals surface area contributed by atoms with Crippen LogP contribution in [-0.2, 0) is 5.22 Å². The molecule has 0 bridgehead atoms. The Balaban J connectivity index is 3.23. The summed E-state index contributed by atoms with van der Waals surface area (Å²) in [7, 11) is -1.63. The molecule has 0 amide bonds. The summed E-state index contributed by atoms with van der Waals surface area (Å²) in [6, 6.07) is 7.90. The third-order valence-corrected chi connectivity index (χ3v) is 6.74. The molecule has 0 aliphatic rings. The average Bonchev–Trinajstić information content (AvgIpc) is 2.02. The monoisotopic (exact) mass is 272 g/mol. The molecule has 0 saturated heterocycles. The number of aliphatic hydroxyl groups is 1. The van der Waals surface area contributed by atoms with Gasteiger partial charge in [-0.2, -0.15) is 0 Å². The first-order valence-electron chi connectivity index (χ1n) is 4.74. The van der Waals surface area contributed by atoms with Crippen molar-refractivity contribution in [3.8, 4) is 0 Å². The lowest BCUT2D eigenvalue weighted by Gasteiger charge is -2.36. The molecule has 0 heterocycles. The second kappa shape index (κ2) is 3.80. The molecule has 0 aliphatic heterocycles. The number of halogens is 1. The second-order valence-electron chi connectivity index (χ2n) is 4.80. The van der Waals surface area contributed by atoms with E-state index in [9.17, 15) is 5.11 Å². The largest absolute Gasteiger partial charge is 0.389 e. The molecule has 1 aromatic rings. The van der Waals surface area contributed by atoms with Crippen molar-refractivity contribution in [1.29, 1.82) is 0 Å². The zero-order chi connectivity index (χ0) is 11.0. The summed E-state index contributed by atoms with van der Waals surface area (Å²) >= 11 is 3.49. The number of rotatable bonds is 2. The average molecular weight is 273 g/mol. The van der Waals surface area contributed by atoms with Gasteiger partial charge in [-0.25, -0.2) is 0 Å². The van der Waals surface area contributed by atoms with Crippen molar-refractivity contribution in [2.45, 2.75) is 31.8 Å². The molecular weight excluding hydrogens is 256 g/mol. The Kier molecular flexibility index (Phi) is 3.24. The van der Waals surface area contributed by atoms with Gasteiger partial charge in [0.2, 0.25) is 0 Å². The van der Waals surface area contributed by atoms with Gasteiger partial charge in [-0.05, 0) is 18.6 Å². The van der Waals surface area contributed by atoms with E-state index in [-0.39, 0.29) is 0 Å². The minimum absolute atomic E-state index is 0.687. The van der Waals surface area contributed by atoms with Crippen LogP contribution in [0.3, 0.4) is 0 Å². The lowest BCUT2D eigenvalue weighted by Crippen LogP contribution is -2.47. The Morgan fingerprint density at radius 3 is 2.14 bits per heavy atom. The van der Waals surface area contributed by atoms with E-state index in [1.807, 2.05) is 31.2 Å². The van der Waals surface area contributed by atoms with E-state index in [1.165, 1.54) is 0 Å². The molecule has 0 fully saturated rings. The highest BCUT2D eigenvalue weighted by atomic mass is 79.9. The van der Waals surface area contributed by atoms with Crippen LogP contribution in [0.5, 0.6) is 0 Å². The molecule has 3 heteroatoms. The zero-order valence-corrected chi connectivity index (χ0v) is 11.7. The Labute approximate surface area is 95.3 Å². The maximum absolute atomic E-state index is 10.5. The maximum Gasteiger partial charge on any atom is 0.0874 e. The molecule has 14 heavy (non-hydrogen) atoms. The number of hydrogen-bond donors (Lipinski definition) is 1. The molecule has 78 valence electrons. The SMILES string of the molecule is CC(O)(c1ccccc1Br)[Si](C)(C)C. The molecule has 1 atom stereocenters. The first kappa shape index (κ1) is 11.9. The van der Waals surface area contributed by atoms with Gasteiger partial charge in [0.15, 0.2) is 0 Å². The molecule has 1 N–H and O–H groups in total. The third kappa shape index (κ3) is 2.10. The molecule has 0 aliphatic carbocycles. The maximum atomic E-state index is 10.5. The topological polar surface area (TPSA) is 20.2 Å². The van der Waals surface area contributed by atoms with Crippen LogP contribution >= 0.6 is 15.9 Å². The zero-order valence-electron chi connectivity index (χ0n) is 9.13. The summed E-state index contributed by atoms with van der Waals surface area (Å²) < 4.78 is 0.993. The molecule has 0 radical (unpaired) electrons. The molecule has 0 saturated carbocycles. The van der Waals surface area contributed by atoms with Crippen molar-refractivity contribution < 1.29 is 5.11 Å². The summed E-state index contributed by atoms with van der Waals surface area (Å²) in [5.74, 6) is 0. The van der Waals surface area contributed by atoms with E-state index in [2.05, 4.69) is 35.6 Å². The van der Waals surface area contributed by atoms with Crippen molar-refractivity contribution in [2.24, 2.45) is 0 Å². The van der Waals surface area contributed by atoms with Crippen molar-refractivity contribution >= 4 is 24.0 Å². The summed E-state index contributed by atoms with van der Waals surface area (Å²) in [5.41, 5.74) is 0.999. The van der Waals surface area contributed by atoms with E-state index in [0.29, 0.717) is 0 Å². The highest BCUT2D eigenvalue weighted by molar-refractivity contribution is 9.10. The molecule has 1 unspecified atom stereocenters. The number of benzene rings is 1. The van der Waals surface area contributed by atoms with Gasteiger partial charge in [-0.1, -0.05) is 53.8 Å². The van der Waals surface area contributed by atoms with Gasteiger partial charge >= 0.3 is 0 Å². The fourth-order valence-electron chi connectivity index (χ4n) is 1.26. The Morgan fingerprint density at radius 1 is 1.21 bits per heavy atom. The summed E-state index contributed by atoms with van der Waals surface area (Å²) in [6.07, 6.45) is 0. The van der Waals surface area contributed by atoms with Crippen molar-refractivity contribution in [3.05, 3.63) is 34.3 Å². The minimum Gasteiger partial charge on any atom is -0.389 e. The second-order valence-corrected chi connectivity index (χ2v) is 11.1. The lowest BCUT2D eigenvalue weighted by atomic mass is 10.1.